The van der Waals surface area contributed by atoms with E-state index in [0.717, 1.165) is 11.1 Å². The molecule has 1 aromatic heterocycles. The van der Waals surface area contributed by atoms with Gasteiger partial charge in [-0.1, -0.05) is 18.2 Å². The van der Waals surface area contributed by atoms with Crippen molar-refractivity contribution >= 4 is 11.8 Å². The van der Waals surface area contributed by atoms with Crippen molar-refractivity contribution in [3.8, 4) is 0 Å². The van der Waals surface area contributed by atoms with E-state index in [0.29, 0.717) is 0 Å². The highest BCUT2D eigenvalue weighted by atomic mass is 19.1. The first-order chi connectivity index (χ1) is 11.5. The second-order valence-electron chi connectivity index (χ2n) is 5.92. The quantitative estimate of drug-likeness (QED) is 0.932. The Kier molecular flexibility index (Phi) is 4.55. The van der Waals surface area contributed by atoms with E-state index in [4.69, 9.17) is 0 Å². The fourth-order valence-corrected chi connectivity index (χ4v) is 3.06. The monoisotopic (exact) mass is 327 g/mol. The van der Waals surface area contributed by atoms with Crippen molar-refractivity contribution in [2.24, 2.45) is 0 Å². The number of nitrogens with one attached hydrogen (secondary N) is 1. The first-order valence-corrected chi connectivity index (χ1v) is 7.74. The number of aromatic nitrogens is 1. The van der Waals surface area contributed by atoms with E-state index in [-0.39, 0.29) is 42.6 Å². The van der Waals surface area contributed by atoms with Crippen LogP contribution in [0.15, 0.2) is 48.8 Å². The van der Waals surface area contributed by atoms with Gasteiger partial charge in [0.15, 0.2) is 0 Å². The molecule has 5 nitrogen and oxygen atoms in total. The Morgan fingerprint density at radius 3 is 2.75 bits per heavy atom. The molecule has 1 fully saturated rings. The summed E-state index contributed by atoms with van der Waals surface area (Å²) in [7, 11) is 1.70. The van der Waals surface area contributed by atoms with Crippen LogP contribution in [-0.2, 0) is 16.0 Å². The Morgan fingerprint density at radius 1 is 1.33 bits per heavy atom. The Morgan fingerprint density at radius 2 is 2.08 bits per heavy atom. The lowest BCUT2D eigenvalue weighted by molar-refractivity contribution is -0.127. The molecule has 0 unspecified atom stereocenters. The zero-order valence-electron chi connectivity index (χ0n) is 13.3. The van der Waals surface area contributed by atoms with E-state index in [1.165, 1.54) is 12.1 Å². The Bertz CT molecular complexity index is 734. The highest BCUT2D eigenvalue weighted by molar-refractivity contribution is 5.83. The van der Waals surface area contributed by atoms with Crippen LogP contribution in [-0.4, -0.2) is 34.8 Å². The molecule has 2 aromatic rings. The second kappa shape index (κ2) is 6.78. The van der Waals surface area contributed by atoms with Crippen LogP contribution < -0.4 is 5.32 Å². The molecule has 0 spiro atoms. The van der Waals surface area contributed by atoms with Gasteiger partial charge in [0.05, 0.1) is 18.5 Å². The first kappa shape index (κ1) is 16.1. The minimum atomic E-state index is -0.336. The highest BCUT2D eigenvalue weighted by Crippen LogP contribution is 2.32. The molecule has 2 amide bonds. The molecule has 1 aliphatic heterocycles. The summed E-state index contributed by atoms with van der Waals surface area (Å²) in [5.41, 5.74) is 1.61. The number of halogens is 1. The van der Waals surface area contributed by atoms with Gasteiger partial charge in [-0.2, -0.15) is 0 Å². The number of carbonyl (C=O) groups excluding carboxylic acids is 2. The molecule has 1 aliphatic rings. The number of hydrogen-bond acceptors (Lipinski definition) is 3. The van der Waals surface area contributed by atoms with Gasteiger partial charge >= 0.3 is 0 Å². The second-order valence-corrected chi connectivity index (χ2v) is 5.92. The lowest BCUT2D eigenvalue weighted by Crippen LogP contribution is -2.39. The largest absolute Gasteiger partial charge is 0.350 e. The molecule has 1 N–H and O–H groups in total. The lowest BCUT2D eigenvalue weighted by atomic mass is 10.00. The van der Waals surface area contributed by atoms with E-state index < -0.39 is 0 Å². The molecular formula is C18H18FN3O2. The Balaban J connectivity index is 1.74. The smallest absolute Gasteiger partial charge is 0.225 e. The maximum Gasteiger partial charge on any atom is 0.225 e. The van der Waals surface area contributed by atoms with Crippen LogP contribution in [0.1, 0.15) is 23.6 Å². The number of likely N-dealkylation sites (tertiary alicyclic amines) is 1. The molecule has 0 aliphatic carbocycles. The zero-order chi connectivity index (χ0) is 17.1. The number of benzene rings is 1. The zero-order valence-corrected chi connectivity index (χ0v) is 13.3. The average molecular weight is 327 g/mol. The van der Waals surface area contributed by atoms with Crippen molar-refractivity contribution in [2.75, 3.05) is 7.05 Å². The predicted octanol–water partition coefficient (Wildman–Crippen LogP) is 1.85. The molecule has 0 bridgehead atoms. The fraction of sp³-hybridized carbons (Fsp3) is 0.278. The van der Waals surface area contributed by atoms with E-state index in [1.54, 1.807) is 42.5 Å². The van der Waals surface area contributed by atoms with Crippen LogP contribution in [0, 0.1) is 5.82 Å². The number of pyridine rings is 1. The molecule has 0 radical (unpaired) electrons. The van der Waals surface area contributed by atoms with E-state index in [9.17, 15) is 14.0 Å². The summed E-state index contributed by atoms with van der Waals surface area (Å²) < 4.78 is 13.1. The normalized spacial score (nSPS) is 20.2. The van der Waals surface area contributed by atoms with Gasteiger partial charge in [-0.25, -0.2) is 4.39 Å². The number of carbonyl (C=O) groups is 2. The minimum Gasteiger partial charge on any atom is -0.350 e. The van der Waals surface area contributed by atoms with Gasteiger partial charge in [0.2, 0.25) is 11.8 Å². The van der Waals surface area contributed by atoms with Crippen LogP contribution in [0.4, 0.5) is 4.39 Å². The maximum absolute atomic E-state index is 13.1. The minimum absolute atomic E-state index is 0.0454. The standard InChI is InChI=1S/C18H18FN3O2/c1-22-17(24)10-15(18(22)13-4-6-14(19)7-5-13)21-16(23)9-12-3-2-8-20-11-12/h2-8,11,15,18H,9-10H2,1H3,(H,21,23)/t15-,18+/m1/s1. The summed E-state index contributed by atoms with van der Waals surface area (Å²) in [4.78, 5) is 29.9. The lowest BCUT2D eigenvalue weighted by Gasteiger charge is -2.26. The molecule has 1 saturated heterocycles. The number of amides is 2. The molecular weight excluding hydrogens is 309 g/mol. The molecule has 24 heavy (non-hydrogen) atoms. The fourth-order valence-electron chi connectivity index (χ4n) is 3.06. The summed E-state index contributed by atoms with van der Waals surface area (Å²) in [6.07, 6.45) is 3.73. The molecule has 2 atom stereocenters. The van der Waals surface area contributed by atoms with Gasteiger partial charge in [0, 0.05) is 25.9 Å². The number of rotatable bonds is 4. The Hall–Kier alpha value is -2.76. The molecule has 3 rings (SSSR count). The van der Waals surface area contributed by atoms with Crippen molar-refractivity contribution in [1.82, 2.24) is 15.2 Å². The van der Waals surface area contributed by atoms with Crippen molar-refractivity contribution in [3.05, 3.63) is 65.7 Å². The molecule has 1 aromatic carbocycles. The van der Waals surface area contributed by atoms with Gasteiger partial charge in [-0.15, -0.1) is 0 Å². The van der Waals surface area contributed by atoms with Crippen LogP contribution in [0.5, 0.6) is 0 Å². The topological polar surface area (TPSA) is 62.3 Å². The van der Waals surface area contributed by atoms with E-state index in [1.807, 2.05) is 6.07 Å². The van der Waals surface area contributed by atoms with E-state index in [2.05, 4.69) is 10.3 Å². The molecule has 2 heterocycles. The third kappa shape index (κ3) is 3.42. The number of nitrogens with zero attached hydrogens (tertiary/aromatic N) is 2. The van der Waals surface area contributed by atoms with Gasteiger partial charge < -0.3 is 10.2 Å². The Labute approximate surface area is 139 Å². The van der Waals surface area contributed by atoms with E-state index >= 15 is 0 Å². The third-order valence-electron chi connectivity index (χ3n) is 4.23. The van der Waals surface area contributed by atoms with Gasteiger partial charge in [-0.3, -0.25) is 14.6 Å². The maximum atomic E-state index is 13.1. The summed E-state index contributed by atoms with van der Waals surface area (Å²) in [5, 5.41) is 2.93. The third-order valence-corrected chi connectivity index (χ3v) is 4.23. The van der Waals surface area contributed by atoms with Crippen molar-refractivity contribution in [2.45, 2.75) is 24.9 Å². The van der Waals surface area contributed by atoms with Gasteiger partial charge in [-0.05, 0) is 29.3 Å². The molecule has 0 saturated carbocycles. The number of hydrogen-bond donors (Lipinski definition) is 1. The molecule has 6 heteroatoms. The highest BCUT2D eigenvalue weighted by Gasteiger charge is 2.39. The molecule has 124 valence electrons. The van der Waals surface area contributed by atoms with Crippen molar-refractivity contribution in [3.63, 3.8) is 0 Å². The van der Waals surface area contributed by atoms with Crippen LogP contribution >= 0.6 is 0 Å². The predicted molar refractivity (Wildman–Crippen MR) is 86.4 cm³/mol. The van der Waals surface area contributed by atoms with Crippen molar-refractivity contribution in [1.29, 1.82) is 0 Å². The van der Waals surface area contributed by atoms with Gasteiger partial charge in [0.1, 0.15) is 5.82 Å². The van der Waals surface area contributed by atoms with Crippen LogP contribution in [0.2, 0.25) is 0 Å². The van der Waals surface area contributed by atoms with Crippen LogP contribution in [0.3, 0.4) is 0 Å². The summed E-state index contributed by atoms with van der Waals surface area (Å²) in [5.74, 6) is -0.540. The van der Waals surface area contributed by atoms with Crippen molar-refractivity contribution < 1.29 is 14.0 Å². The SMILES string of the molecule is CN1C(=O)C[C@@H](NC(=O)Cc2cccnc2)[C@@H]1c1ccc(F)cc1. The van der Waals surface area contributed by atoms with Gasteiger partial charge in [0.25, 0.3) is 0 Å². The summed E-state index contributed by atoms with van der Waals surface area (Å²) in [6.45, 7) is 0. The van der Waals surface area contributed by atoms with Crippen LogP contribution in [0.25, 0.3) is 0 Å². The summed E-state index contributed by atoms with van der Waals surface area (Å²) >= 11 is 0. The first-order valence-electron chi connectivity index (χ1n) is 7.74. The average Bonchev–Trinajstić information content (AvgIpc) is 2.83. The summed E-state index contributed by atoms with van der Waals surface area (Å²) in [6, 6.07) is 8.99. The number of likely N-dealkylation sites (N-methyl/N-ethyl adjacent to an activating group) is 1.